The Morgan fingerprint density at radius 1 is 1.62 bits per heavy atom. The van der Waals surface area contributed by atoms with Gasteiger partial charge >= 0.3 is 5.97 Å². The van der Waals surface area contributed by atoms with Crippen molar-refractivity contribution in [2.24, 2.45) is 0 Å². The first-order chi connectivity index (χ1) is 6.16. The molecule has 0 spiro atoms. The minimum atomic E-state index is -0.404. The molecule has 0 unspecified atom stereocenters. The molecular formula is C9H18O3Si. The quantitative estimate of drug-likeness (QED) is 0.268. The second-order valence-electron chi connectivity index (χ2n) is 3.00. The summed E-state index contributed by atoms with van der Waals surface area (Å²) < 4.78 is 10.3. The first-order valence-corrected chi connectivity index (χ1v) is 6.15. The molecule has 0 aromatic rings. The van der Waals surface area contributed by atoms with Gasteiger partial charge in [0.15, 0.2) is 9.76 Å². The van der Waals surface area contributed by atoms with Gasteiger partial charge < -0.3 is 9.16 Å². The lowest BCUT2D eigenvalue weighted by Crippen LogP contribution is -2.08. The largest absolute Gasteiger partial charge is 0.463 e. The maximum atomic E-state index is 10.6. The zero-order chi connectivity index (χ0) is 10.1. The van der Waals surface area contributed by atoms with Crippen molar-refractivity contribution in [3.05, 3.63) is 12.7 Å². The summed E-state index contributed by atoms with van der Waals surface area (Å²) in [4.78, 5) is 10.6. The van der Waals surface area contributed by atoms with Gasteiger partial charge in [-0.1, -0.05) is 6.58 Å². The van der Waals surface area contributed by atoms with E-state index >= 15 is 0 Å². The zero-order valence-corrected chi connectivity index (χ0v) is 9.83. The fourth-order valence-electron chi connectivity index (χ4n) is 0.755. The van der Waals surface area contributed by atoms with Crippen molar-refractivity contribution in [3.8, 4) is 0 Å². The van der Waals surface area contributed by atoms with Crippen LogP contribution < -0.4 is 0 Å². The van der Waals surface area contributed by atoms with Crippen LogP contribution in [0, 0.1) is 0 Å². The lowest BCUT2D eigenvalue weighted by Gasteiger charge is -2.06. The number of carbonyl (C=O) groups excluding carboxylic acids is 1. The van der Waals surface area contributed by atoms with Gasteiger partial charge in [-0.3, -0.25) is 0 Å². The van der Waals surface area contributed by atoms with Crippen LogP contribution in [0.25, 0.3) is 0 Å². The molecule has 0 bridgehead atoms. The Bertz CT molecular complexity index is 157. The van der Waals surface area contributed by atoms with Crippen molar-refractivity contribution in [2.45, 2.75) is 32.4 Å². The summed E-state index contributed by atoms with van der Waals surface area (Å²) >= 11 is 0. The summed E-state index contributed by atoms with van der Waals surface area (Å²) in [5.74, 6) is -0.341. The molecule has 0 rings (SSSR count). The second kappa shape index (κ2) is 8.01. The van der Waals surface area contributed by atoms with E-state index in [1.54, 1.807) is 0 Å². The zero-order valence-electron chi connectivity index (χ0n) is 8.41. The van der Waals surface area contributed by atoms with E-state index in [0.717, 1.165) is 12.5 Å². The van der Waals surface area contributed by atoms with Crippen LogP contribution in [0.1, 0.15) is 20.3 Å². The third kappa shape index (κ3) is 9.30. The molecule has 0 radical (unpaired) electrons. The predicted octanol–water partition coefficient (Wildman–Crippen LogP) is 1.03. The van der Waals surface area contributed by atoms with Gasteiger partial charge in [-0.25, -0.2) is 4.79 Å². The highest BCUT2D eigenvalue weighted by atomic mass is 28.2. The first kappa shape index (κ1) is 12.4. The maximum Gasteiger partial charge on any atom is 0.330 e. The van der Waals surface area contributed by atoms with E-state index in [-0.39, 0.29) is 5.97 Å². The molecule has 0 saturated carbocycles. The Labute approximate surface area is 82.1 Å². The highest BCUT2D eigenvalue weighted by molar-refractivity contribution is 6.27. The van der Waals surface area contributed by atoms with Gasteiger partial charge in [0, 0.05) is 12.2 Å². The number of rotatable bonds is 7. The Hall–Kier alpha value is -0.613. The summed E-state index contributed by atoms with van der Waals surface area (Å²) in [5, 5.41) is 0. The Kier molecular flexibility index (Phi) is 7.63. The average molecular weight is 202 g/mol. The van der Waals surface area contributed by atoms with Gasteiger partial charge in [0.05, 0.1) is 6.61 Å². The summed E-state index contributed by atoms with van der Waals surface area (Å²) in [5.41, 5.74) is 0. The normalized spacial score (nSPS) is 11.0. The van der Waals surface area contributed by atoms with Crippen LogP contribution in [0.5, 0.6) is 0 Å². The van der Waals surface area contributed by atoms with E-state index in [9.17, 15) is 4.79 Å². The molecular weight excluding hydrogens is 184 g/mol. The molecule has 0 amide bonds. The first-order valence-electron chi connectivity index (χ1n) is 4.57. The van der Waals surface area contributed by atoms with E-state index < -0.39 is 9.76 Å². The van der Waals surface area contributed by atoms with E-state index in [1.807, 2.05) is 13.8 Å². The topological polar surface area (TPSA) is 35.5 Å². The lowest BCUT2D eigenvalue weighted by atomic mass is 10.5. The summed E-state index contributed by atoms with van der Waals surface area (Å²) in [6, 6.07) is 1.06. The molecule has 4 heteroatoms. The van der Waals surface area contributed by atoms with Gasteiger partial charge in [0.1, 0.15) is 0 Å². The molecule has 0 aliphatic rings. The molecule has 13 heavy (non-hydrogen) atoms. The molecule has 0 saturated heterocycles. The number of carbonyl (C=O) groups is 1. The Morgan fingerprint density at radius 2 is 2.31 bits per heavy atom. The molecule has 0 heterocycles. The predicted molar refractivity (Wildman–Crippen MR) is 55.3 cm³/mol. The van der Waals surface area contributed by atoms with Crippen molar-refractivity contribution in [3.63, 3.8) is 0 Å². The van der Waals surface area contributed by atoms with Crippen LogP contribution >= 0.6 is 0 Å². The number of hydrogen-bond acceptors (Lipinski definition) is 3. The van der Waals surface area contributed by atoms with Crippen LogP contribution in [0.15, 0.2) is 12.7 Å². The minimum absolute atomic E-state index is 0.336. The molecule has 0 aromatic carbocycles. The number of hydrogen-bond donors (Lipinski definition) is 0. The van der Waals surface area contributed by atoms with Crippen molar-refractivity contribution in [2.75, 3.05) is 6.61 Å². The Balaban J connectivity index is 3.08. The van der Waals surface area contributed by atoms with Gasteiger partial charge in [-0.05, 0) is 26.3 Å². The van der Waals surface area contributed by atoms with Crippen molar-refractivity contribution >= 4 is 15.7 Å². The van der Waals surface area contributed by atoms with Crippen molar-refractivity contribution in [1.29, 1.82) is 0 Å². The summed E-state index contributed by atoms with van der Waals surface area (Å²) in [6.07, 6.45) is 2.42. The highest BCUT2D eigenvalue weighted by Gasteiger charge is 1.96. The lowest BCUT2D eigenvalue weighted by molar-refractivity contribution is -0.137. The smallest absolute Gasteiger partial charge is 0.330 e. The molecule has 0 fully saturated rings. The third-order valence-corrected chi connectivity index (χ3v) is 3.09. The van der Waals surface area contributed by atoms with Crippen LogP contribution in [0.3, 0.4) is 0 Å². The van der Waals surface area contributed by atoms with E-state index in [2.05, 4.69) is 6.58 Å². The van der Waals surface area contributed by atoms with Gasteiger partial charge in [0.2, 0.25) is 0 Å². The van der Waals surface area contributed by atoms with Gasteiger partial charge in [0.25, 0.3) is 0 Å². The molecule has 0 aliphatic carbocycles. The van der Waals surface area contributed by atoms with Crippen molar-refractivity contribution in [1.82, 2.24) is 0 Å². The standard InChI is InChI=1S/C9H18O3Si/c1-4-9(10)11-6-5-7-13-12-8(2)3/h4,8H,1,5-7,13H2,2-3H3. The van der Waals surface area contributed by atoms with Crippen molar-refractivity contribution < 1.29 is 14.0 Å². The molecule has 3 nitrogen and oxygen atoms in total. The van der Waals surface area contributed by atoms with Gasteiger partial charge in [-0.15, -0.1) is 0 Å². The fourth-order valence-corrected chi connectivity index (χ4v) is 1.80. The monoisotopic (exact) mass is 202 g/mol. The van der Waals surface area contributed by atoms with Crippen LogP contribution in [-0.2, 0) is 14.0 Å². The molecule has 0 aliphatic heterocycles. The summed E-state index contributed by atoms with van der Waals surface area (Å²) in [6.45, 7) is 7.86. The van der Waals surface area contributed by atoms with Gasteiger partial charge in [-0.2, -0.15) is 0 Å². The number of esters is 1. The SMILES string of the molecule is C=CC(=O)OCCC[SiH2]OC(C)C. The minimum Gasteiger partial charge on any atom is -0.463 e. The van der Waals surface area contributed by atoms with Crippen LogP contribution in [0.2, 0.25) is 6.04 Å². The summed E-state index contributed by atoms with van der Waals surface area (Å²) in [7, 11) is -0.404. The van der Waals surface area contributed by atoms with Crippen LogP contribution in [0.4, 0.5) is 0 Å². The van der Waals surface area contributed by atoms with E-state index in [4.69, 9.17) is 9.16 Å². The highest BCUT2D eigenvalue weighted by Crippen LogP contribution is 1.94. The maximum absolute atomic E-state index is 10.6. The number of ether oxygens (including phenoxy) is 1. The Morgan fingerprint density at radius 3 is 2.85 bits per heavy atom. The van der Waals surface area contributed by atoms with Crippen LogP contribution in [-0.4, -0.2) is 28.4 Å². The fraction of sp³-hybridized carbons (Fsp3) is 0.667. The molecule has 0 N–H and O–H groups in total. The van der Waals surface area contributed by atoms with E-state index in [0.29, 0.717) is 12.7 Å². The molecule has 0 atom stereocenters. The third-order valence-electron chi connectivity index (χ3n) is 1.40. The van der Waals surface area contributed by atoms with E-state index in [1.165, 1.54) is 6.08 Å². The average Bonchev–Trinajstić information content (AvgIpc) is 2.10. The second-order valence-corrected chi connectivity index (χ2v) is 4.45. The molecule has 76 valence electrons. The molecule has 0 aromatic heterocycles.